The molecule has 0 unspecified atom stereocenters. The van der Waals surface area contributed by atoms with E-state index in [4.69, 9.17) is 17.9 Å². The molecular formula is C19H18O5S2. The molecule has 3 aromatic rings. The Morgan fingerprint density at radius 2 is 1.73 bits per heavy atom. The lowest BCUT2D eigenvalue weighted by molar-refractivity contribution is 0.0526. The number of hydrogen-bond acceptors (Lipinski definition) is 6. The zero-order valence-corrected chi connectivity index (χ0v) is 16.2. The lowest BCUT2D eigenvalue weighted by Gasteiger charge is -2.10. The molecule has 0 saturated heterocycles. The largest absolute Gasteiger partial charge is 0.462 e. The van der Waals surface area contributed by atoms with Gasteiger partial charge in [0.05, 0.1) is 12.2 Å². The van der Waals surface area contributed by atoms with Gasteiger partial charge >= 0.3 is 17.5 Å². The molecule has 0 atom stereocenters. The molecule has 136 valence electrons. The van der Waals surface area contributed by atoms with Gasteiger partial charge in [0.2, 0.25) is 0 Å². The lowest BCUT2D eigenvalue weighted by Crippen LogP contribution is -2.04. The van der Waals surface area contributed by atoms with Crippen LogP contribution >= 0.6 is 11.3 Å². The maximum Gasteiger partial charge on any atom is 0.338 e. The molecule has 3 rings (SSSR count). The molecule has 2 aromatic carbocycles. The molecule has 0 saturated carbocycles. The first-order valence-corrected chi connectivity index (χ1v) is 9.34. The number of fused-ring (bicyclic) bond motifs is 1. The molecule has 0 N–H and O–H groups in total. The highest BCUT2D eigenvalue weighted by Gasteiger charge is 2.14. The highest BCUT2D eigenvalue weighted by atomic mass is 32.1. The average molecular weight is 390 g/mol. The van der Waals surface area contributed by atoms with Gasteiger partial charge in [-0.25, -0.2) is 4.79 Å². The number of rotatable bonds is 4. The summed E-state index contributed by atoms with van der Waals surface area (Å²) in [6, 6.07) is 13.6. The van der Waals surface area contributed by atoms with Crippen molar-refractivity contribution in [3.05, 3.63) is 58.5 Å². The van der Waals surface area contributed by atoms with Crippen molar-refractivity contribution in [3.8, 4) is 11.5 Å². The second-order valence-electron chi connectivity index (χ2n) is 5.45. The molecule has 1 aromatic heterocycles. The number of carbonyl (C=O) groups excluding carboxylic acids is 1. The van der Waals surface area contributed by atoms with Crippen molar-refractivity contribution in [2.24, 2.45) is 0 Å². The third-order valence-corrected chi connectivity index (χ3v) is 4.48. The van der Waals surface area contributed by atoms with Crippen molar-refractivity contribution in [2.75, 3.05) is 6.61 Å². The first-order valence-electron chi connectivity index (χ1n) is 7.86. The van der Waals surface area contributed by atoms with Gasteiger partial charge < -0.3 is 9.47 Å². The Morgan fingerprint density at radius 3 is 2.35 bits per heavy atom. The van der Waals surface area contributed by atoms with Crippen molar-refractivity contribution < 1.29 is 22.7 Å². The van der Waals surface area contributed by atoms with Crippen LogP contribution in [0, 0.1) is 13.8 Å². The van der Waals surface area contributed by atoms with E-state index in [0.29, 0.717) is 17.9 Å². The monoisotopic (exact) mass is 390 g/mol. The average Bonchev–Trinajstić information content (AvgIpc) is 2.98. The SMILES string of the molecule is CCOC(=O)c1cc(Oc2ccc(C)cc2)c2cc(C)sc2c1.O=S=O. The summed E-state index contributed by atoms with van der Waals surface area (Å²) in [4.78, 5) is 13.2. The maximum absolute atomic E-state index is 12.1. The number of hydrogen-bond donors (Lipinski definition) is 0. The quantitative estimate of drug-likeness (QED) is 0.598. The molecule has 0 aliphatic heterocycles. The van der Waals surface area contributed by atoms with Gasteiger partial charge in [-0.3, -0.25) is 0 Å². The van der Waals surface area contributed by atoms with Crippen molar-refractivity contribution >= 4 is 39.0 Å². The van der Waals surface area contributed by atoms with E-state index >= 15 is 0 Å². The Balaban J connectivity index is 0.000000758. The van der Waals surface area contributed by atoms with Crippen LogP contribution in [0.2, 0.25) is 0 Å². The predicted octanol–water partition coefficient (Wildman–Crippen LogP) is 4.82. The molecule has 1 heterocycles. The first-order chi connectivity index (χ1) is 12.5. The van der Waals surface area contributed by atoms with Crippen molar-refractivity contribution in [2.45, 2.75) is 20.8 Å². The van der Waals surface area contributed by atoms with Gasteiger partial charge in [0.1, 0.15) is 11.5 Å². The fraction of sp³-hybridized carbons (Fsp3) is 0.211. The van der Waals surface area contributed by atoms with E-state index in [1.807, 2.05) is 44.2 Å². The fourth-order valence-electron chi connectivity index (χ4n) is 2.38. The van der Waals surface area contributed by atoms with E-state index in [1.165, 1.54) is 10.4 Å². The van der Waals surface area contributed by atoms with Gasteiger partial charge in [-0.1, -0.05) is 17.7 Å². The van der Waals surface area contributed by atoms with Crippen molar-refractivity contribution in [3.63, 3.8) is 0 Å². The molecule has 0 bridgehead atoms. The van der Waals surface area contributed by atoms with Gasteiger partial charge in [-0.15, -0.1) is 11.3 Å². The molecular weight excluding hydrogens is 372 g/mol. The van der Waals surface area contributed by atoms with E-state index < -0.39 is 11.6 Å². The second kappa shape index (κ2) is 9.26. The zero-order valence-electron chi connectivity index (χ0n) is 14.6. The number of thiophene rings is 1. The summed E-state index contributed by atoms with van der Waals surface area (Å²) in [5.74, 6) is 1.11. The molecule has 5 nitrogen and oxygen atoms in total. The van der Waals surface area contributed by atoms with Crippen LogP contribution in [0.15, 0.2) is 42.5 Å². The number of aryl methyl sites for hydroxylation is 2. The van der Waals surface area contributed by atoms with E-state index in [-0.39, 0.29) is 5.97 Å². The van der Waals surface area contributed by atoms with E-state index in [9.17, 15) is 4.79 Å². The van der Waals surface area contributed by atoms with Crippen LogP contribution in [-0.2, 0) is 16.3 Å². The minimum absolute atomic E-state index is 0.325. The summed E-state index contributed by atoms with van der Waals surface area (Å²) in [5, 5.41) is 1.01. The van der Waals surface area contributed by atoms with Crippen LogP contribution in [0.4, 0.5) is 0 Å². The first kappa shape index (κ1) is 19.8. The molecule has 26 heavy (non-hydrogen) atoms. The Hall–Kier alpha value is -2.51. The molecule has 0 amide bonds. The summed E-state index contributed by atoms with van der Waals surface area (Å²) in [6.45, 7) is 6.24. The molecule has 0 fully saturated rings. The summed E-state index contributed by atoms with van der Waals surface area (Å²) in [5.41, 5.74) is 1.69. The predicted molar refractivity (Wildman–Crippen MR) is 103 cm³/mol. The molecule has 0 radical (unpaired) electrons. The summed E-state index contributed by atoms with van der Waals surface area (Å²) in [7, 11) is 0. The highest BCUT2D eigenvalue weighted by Crippen LogP contribution is 2.36. The van der Waals surface area contributed by atoms with Gasteiger partial charge in [-0.05, 0) is 51.1 Å². The number of carbonyl (C=O) groups is 1. The molecule has 0 aliphatic rings. The minimum Gasteiger partial charge on any atom is -0.462 e. The third kappa shape index (κ3) is 5.00. The van der Waals surface area contributed by atoms with Crippen LogP contribution in [0.3, 0.4) is 0 Å². The molecule has 0 spiro atoms. The van der Waals surface area contributed by atoms with Gasteiger partial charge in [0, 0.05) is 15.0 Å². The number of esters is 1. The van der Waals surface area contributed by atoms with Gasteiger partial charge in [0.15, 0.2) is 0 Å². The Labute approximate surface area is 159 Å². The standard InChI is InChI=1S/C19H18O3S.O2S/c1-4-21-19(20)14-10-17(16-9-13(3)23-18(16)11-14)22-15-7-5-12(2)6-8-15;1-3-2/h5-11H,4H2,1-3H3;. The smallest absolute Gasteiger partial charge is 0.338 e. The number of benzene rings is 2. The Kier molecular flexibility index (Phi) is 7.06. The van der Waals surface area contributed by atoms with Crippen LogP contribution in [0.5, 0.6) is 11.5 Å². The number of ether oxygens (including phenoxy) is 2. The third-order valence-electron chi connectivity index (χ3n) is 3.48. The highest BCUT2D eigenvalue weighted by molar-refractivity contribution is 7.51. The lowest BCUT2D eigenvalue weighted by atomic mass is 10.1. The van der Waals surface area contributed by atoms with Gasteiger partial charge in [-0.2, -0.15) is 8.42 Å². The molecule has 7 heteroatoms. The van der Waals surface area contributed by atoms with Crippen molar-refractivity contribution in [1.29, 1.82) is 0 Å². The zero-order chi connectivity index (χ0) is 19.1. The van der Waals surface area contributed by atoms with Crippen LogP contribution in [-0.4, -0.2) is 21.0 Å². The Bertz CT molecular complexity index is 938. The molecule has 0 aliphatic carbocycles. The normalized spacial score (nSPS) is 9.96. The van der Waals surface area contributed by atoms with E-state index in [1.54, 1.807) is 24.3 Å². The Morgan fingerprint density at radius 1 is 1.08 bits per heavy atom. The van der Waals surface area contributed by atoms with E-state index in [0.717, 1.165) is 15.8 Å². The minimum atomic E-state index is -0.750. The second-order valence-corrected chi connectivity index (χ2v) is 6.87. The van der Waals surface area contributed by atoms with Crippen LogP contribution in [0.25, 0.3) is 10.1 Å². The summed E-state index contributed by atoms with van der Waals surface area (Å²) >= 11 is 0.891. The van der Waals surface area contributed by atoms with Crippen molar-refractivity contribution in [1.82, 2.24) is 0 Å². The van der Waals surface area contributed by atoms with E-state index in [2.05, 4.69) is 6.07 Å². The maximum atomic E-state index is 12.1. The van der Waals surface area contributed by atoms with Gasteiger partial charge in [0.25, 0.3) is 0 Å². The topological polar surface area (TPSA) is 69.7 Å². The summed E-state index contributed by atoms with van der Waals surface area (Å²) < 4.78 is 28.7. The fourth-order valence-corrected chi connectivity index (χ4v) is 3.36. The van der Waals surface area contributed by atoms with Crippen LogP contribution in [0.1, 0.15) is 27.7 Å². The summed E-state index contributed by atoms with van der Waals surface area (Å²) in [6.07, 6.45) is 0. The van der Waals surface area contributed by atoms with Crippen LogP contribution < -0.4 is 4.74 Å².